The number of amides is 1. The number of hydrogen-bond acceptors (Lipinski definition) is 7. The number of methoxy groups -OCH3 is 3. The van der Waals surface area contributed by atoms with Gasteiger partial charge in [-0.2, -0.15) is 4.98 Å². The van der Waals surface area contributed by atoms with Gasteiger partial charge in [-0.15, -0.1) is 0 Å². The van der Waals surface area contributed by atoms with Crippen LogP contribution in [0, 0.1) is 12.8 Å². The fraction of sp³-hybridized carbons (Fsp3) is 0.375. The van der Waals surface area contributed by atoms with Crippen molar-refractivity contribution in [1.29, 1.82) is 0 Å². The summed E-state index contributed by atoms with van der Waals surface area (Å²) in [5, 5.41) is 7.18. The van der Waals surface area contributed by atoms with Crippen molar-refractivity contribution < 1.29 is 23.5 Å². The maximum absolute atomic E-state index is 12.8. The monoisotopic (exact) mass is 439 g/mol. The van der Waals surface area contributed by atoms with Crippen LogP contribution >= 0.6 is 0 Å². The van der Waals surface area contributed by atoms with Crippen molar-refractivity contribution in [3.63, 3.8) is 0 Å². The molecule has 0 fully saturated rings. The van der Waals surface area contributed by atoms with Gasteiger partial charge in [0.05, 0.1) is 21.3 Å². The zero-order valence-corrected chi connectivity index (χ0v) is 19.3. The van der Waals surface area contributed by atoms with Crippen LogP contribution < -0.4 is 19.5 Å². The zero-order chi connectivity index (χ0) is 23.3. The van der Waals surface area contributed by atoms with Crippen LogP contribution in [0.15, 0.2) is 40.9 Å². The van der Waals surface area contributed by atoms with Gasteiger partial charge in [-0.05, 0) is 37.1 Å². The Morgan fingerprint density at radius 3 is 2.22 bits per heavy atom. The van der Waals surface area contributed by atoms with E-state index in [1.165, 1.54) is 0 Å². The number of hydrogen-bond donors (Lipinski definition) is 1. The number of nitrogens with zero attached hydrogens (tertiary/aromatic N) is 2. The van der Waals surface area contributed by atoms with E-state index >= 15 is 0 Å². The van der Waals surface area contributed by atoms with E-state index in [1.54, 1.807) is 45.6 Å². The van der Waals surface area contributed by atoms with Gasteiger partial charge in [0.2, 0.25) is 17.5 Å². The lowest BCUT2D eigenvalue weighted by Crippen LogP contribution is -2.32. The first kappa shape index (κ1) is 23.1. The summed E-state index contributed by atoms with van der Waals surface area (Å²) in [5.41, 5.74) is 2.31. The molecule has 2 aromatic carbocycles. The number of aromatic nitrogens is 2. The second kappa shape index (κ2) is 10.2. The quantitative estimate of drug-likeness (QED) is 0.521. The summed E-state index contributed by atoms with van der Waals surface area (Å²) in [7, 11) is 4.63. The number of ether oxygens (including phenoxy) is 3. The van der Waals surface area contributed by atoms with E-state index in [1.807, 2.05) is 32.9 Å². The molecule has 0 saturated carbocycles. The highest BCUT2D eigenvalue weighted by molar-refractivity contribution is 5.94. The van der Waals surface area contributed by atoms with Gasteiger partial charge in [0.15, 0.2) is 11.5 Å². The molecule has 0 unspecified atom stereocenters. The van der Waals surface area contributed by atoms with E-state index in [9.17, 15) is 4.79 Å². The molecular weight excluding hydrogens is 410 g/mol. The van der Waals surface area contributed by atoms with Crippen LogP contribution in [0.3, 0.4) is 0 Å². The second-order valence-corrected chi connectivity index (χ2v) is 7.57. The van der Waals surface area contributed by atoms with Crippen molar-refractivity contribution in [3.05, 3.63) is 53.4 Å². The molecule has 1 aromatic heterocycles. The standard InChI is InChI=1S/C24H29N3O5/c1-7-15(3)20(25-23(28)16-10-8-14(2)9-11-16)24-26-22(27-32-24)17-12-18(29-4)21(31-6)19(13-17)30-5/h8-13,15,20H,7H2,1-6H3,(H,25,28)/t15-,20+/m1/s1. The Hall–Kier alpha value is -3.55. The molecule has 0 saturated heterocycles. The molecule has 0 aliphatic carbocycles. The number of benzene rings is 2. The van der Waals surface area contributed by atoms with Crippen molar-refractivity contribution in [2.75, 3.05) is 21.3 Å². The van der Waals surface area contributed by atoms with Gasteiger partial charge in [-0.1, -0.05) is 43.1 Å². The summed E-state index contributed by atoms with van der Waals surface area (Å²) in [5.74, 6) is 2.03. The molecule has 0 spiro atoms. The summed E-state index contributed by atoms with van der Waals surface area (Å²) in [6.07, 6.45) is 0.820. The van der Waals surface area contributed by atoms with Crippen LogP contribution in [0.1, 0.15) is 48.1 Å². The van der Waals surface area contributed by atoms with Crippen LogP contribution in [0.2, 0.25) is 0 Å². The van der Waals surface area contributed by atoms with Crippen molar-refractivity contribution >= 4 is 5.91 Å². The summed E-state index contributed by atoms with van der Waals surface area (Å²) in [4.78, 5) is 17.4. The fourth-order valence-electron chi connectivity index (χ4n) is 3.30. The van der Waals surface area contributed by atoms with Gasteiger partial charge < -0.3 is 24.1 Å². The van der Waals surface area contributed by atoms with Crippen LogP contribution in [0.25, 0.3) is 11.4 Å². The summed E-state index contributed by atoms with van der Waals surface area (Å²) < 4.78 is 21.8. The molecule has 0 radical (unpaired) electrons. The molecule has 0 aliphatic rings. The minimum atomic E-state index is -0.433. The van der Waals surface area contributed by atoms with E-state index in [-0.39, 0.29) is 11.8 Å². The van der Waals surface area contributed by atoms with Crippen LogP contribution in [0.5, 0.6) is 17.2 Å². The zero-order valence-electron chi connectivity index (χ0n) is 19.3. The topological polar surface area (TPSA) is 95.7 Å². The molecule has 1 N–H and O–H groups in total. The van der Waals surface area contributed by atoms with Crippen LogP contribution in [-0.4, -0.2) is 37.4 Å². The molecule has 1 amide bonds. The first-order valence-corrected chi connectivity index (χ1v) is 10.4. The maximum Gasteiger partial charge on any atom is 0.251 e. The molecular formula is C24H29N3O5. The maximum atomic E-state index is 12.8. The minimum absolute atomic E-state index is 0.0811. The van der Waals surface area contributed by atoms with Crippen LogP contribution in [-0.2, 0) is 0 Å². The number of aryl methyl sites for hydroxylation is 1. The Morgan fingerprint density at radius 1 is 1.06 bits per heavy atom. The third-order valence-corrected chi connectivity index (χ3v) is 5.44. The van der Waals surface area contributed by atoms with Gasteiger partial charge >= 0.3 is 0 Å². The van der Waals surface area contributed by atoms with E-state index in [2.05, 4.69) is 15.5 Å². The molecule has 3 rings (SSSR count). The highest BCUT2D eigenvalue weighted by Gasteiger charge is 2.27. The molecule has 8 nitrogen and oxygen atoms in total. The van der Waals surface area contributed by atoms with Gasteiger partial charge in [-0.25, -0.2) is 0 Å². The number of rotatable bonds is 9. The Bertz CT molecular complexity index is 1040. The van der Waals surface area contributed by atoms with E-state index in [4.69, 9.17) is 18.7 Å². The van der Waals surface area contributed by atoms with Gasteiger partial charge in [0.25, 0.3) is 5.91 Å². The number of carbonyl (C=O) groups excluding carboxylic acids is 1. The molecule has 3 aromatic rings. The average molecular weight is 440 g/mol. The fourth-order valence-corrected chi connectivity index (χ4v) is 3.30. The van der Waals surface area contributed by atoms with Crippen LogP contribution in [0.4, 0.5) is 0 Å². The lowest BCUT2D eigenvalue weighted by atomic mass is 9.98. The predicted molar refractivity (Wildman–Crippen MR) is 120 cm³/mol. The predicted octanol–water partition coefficient (Wildman–Crippen LogP) is 4.59. The van der Waals surface area contributed by atoms with E-state index in [0.717, 1.165) is 12.0 Å². The SMILES string of the molecule is CC[C@@H](C)[C@H](NC(=O)c1ccc(C)cc1)c1nc(-c2cc(OC)c(OC)c(OC)c2)no1. The summed E-state index contributed by atoms with van der Waals surface area (Å²) >= 11 is 0. The number of nitrogens with one attached hydrogen (secondary N) is 1. The number of carbonyl (C=O) groups is 1. The highest BCUT2D eigenvalue weighted by atomic mass is 16.5. The normalized spacial score (nSPS) is 12.7. The Morgan fingerprint density at radius 2 is 1.69 bits per heavy atom. The van der Waals surface area contributed by atoms with Crippen molar-refractivity contribution in [2.45, 2.75) is 33.2 Å². The smallest absolute Gasteiger partial charge is 0.251 e. The summed E-state index contributed by atoms with van der Waals surface area (Å²) in [6.45, 7) is 6.06. The Balaban J connectivity index is 1.92. The third kappa shape index (κ3) is 4.85. The first-order valence-electron chi connectivity index (χ1n) is 10.4. The van der Waals surface area contributed by atoms with Gasteiger partial charge in [-0.3, -0.25) is 4.79 Å². The lowest BCUT2D eigenvalue weighted by molar-refractivity contribution is 0.0910. The van der Waals surface area contributed by atoms with Crippen molar-refractivity contribution in [1.82, 2.24) is 15.5 Å². The highest BCUT2D eigenvalue weighted by Crippen LogP contribution is 2.40. The molecule has 1 heterocycles. The van der Waals surface area contributed by atoms with E-state index < -0.39 is 6.04 Å². The Kier molecular flexibility index (Phi) is 7.35. The molecule has 170 valence electrons. The molecule has 0 bridgehead atoms. The third-order valence-electron chi connectivity index (χ3n) is 5.44. The molecule has 0 aliphatic heterocycles. The largest absolute Gasteiger partial charge is 0.493 e. The van der Waals surface area contributed by atoms with E-state index in [0.29, 0.717) is 40.1 Å². The molecule has 8 heteroatoms. The van der Waals surface area contributed by atoms with Gasteiger partial charge in [0, 0.05) is 11.1 Å². The minimum Gasteiger partial charge on any atom is -0.493 e. The molecule has 2 atom stereocenters. The Labute approximate surface area is 187 Å². The summed E-state index contributed by atoms with van der Waals surface area (Å²) in [6, 6.07) is 10.5. The molecule has 32 heavy (non-hydrogen) atoms. The van der Waals surface area contributed by atoms with Crippen molar-refractivity contribution in [3.8, 4) is 28.6 Å². The van der Waals surface area contributed by atoms with Gasteiger partial charge in [0.1, 0.15) is 6.04 Å². The second-order valence-electron chi connectivity index (χ2n) is 7.57. The lowest BCUT2D eigenvalue weighted by Gasteiger charge is -2.20. The van der Waals surface area contributed by atoms with Crippen molar-refractivity contribution in [2.24, 2.45) is 5.92 Å². The first-order chi connectivity index (χ1) is 15.4. The average Bonchev–Trinajstić information content (AvgIpc) is 3.31.